The maximum Gasteiger partial charge on any atom is 0.244 e. The molecule has 6 heteroatoms. The lowest BCUT2D eigenvalue weighted by Crippen LogP contribution is -2.18. The zero-order valence-corrected chi connectivity index (χ0v) is 17.1. The van der Waals surface area contributed by atoms with Gasteiger partial charge in [0.25, 0.3) is 0 Å². The molecule has 4 nitrogen and oxygen atoms in total. The van der Waals surface area contributed by atoms with Gasteiger partial charge in [-0.15, -0.1) is 22.0 Å². The largest absolute Gasteiger partial charge is 0.299 e. The summed E-state index contributed by atoms with van der Waals surface area (Å²) >= 11 is 3.00. The Morgan fingerprint density at radius 2 is 1.74 bits per heavy atom. The maximum absolute atomic E-state index is 13.0. The van der Waals surface area contributed by atoms with E-state index in [2.05, 4.69) is 29.4 Å². The fourth-order valence-electron chi connectivity index (χ4n) is 2.75. The first-order valence-corrected chi connectivity index (χ1v) is 10.8. The molecule has 2 atom stereocenters. The van der Waals surface area contributed by atoms with Gasteiger partial charge in [-0.3, -0.25) is 10.1 Å². The Morgan fingerprint density at radius 3 is 2.41 bits per heavy atom. The van der Waals surface area contributed by atoms with Crippen LogP contribution in [0.5, 0.6) is 0 Å². The lowest BCUT2D eigenvalue weighted by molar-refractivity contribution is -0.115. The van der Waals surface area contributed by atoms with Crippen LogP contribution in [-0.2, 0) is 4.79 Å². The number of hydrogen-bond acceptors (Lipinski definition) is 5. The van der Waals surface area contributed by atoms with Gasteiger partial charge in [-0.05, 0) is 24.1 Å². The van der Waals surface area contributed by atoms with Gasteiger partial charge in [-0.1, -0.05) is 80.1 Å². The minimum Gasteiger partial charge on any atom is -0.299 e. The number of anilines is 1. The Labute approximate surface area is 168 Å². The summed E-state index contributed by atoms with van der Waals surface area (Å²) in [6.07, 6.45) is 2.17. The molecule has 0 fully saturated rings. The van der Waals surface area contributed by atoms with Crippen LogP contribution in [0.15, 0.2) is 65.6 Å². The second kappa shape index (κ2) is 9.67. The number of hydrogen-bond donors (Lipinski definition) is 1. The van der Waals surface area contributed by atoms with Gasteiger partial charge >= 0.3 is 0 Å². The highest BCUT2D eigenvalue weighted by molar-refractivity contribution is 8.00. The molecule has 0 saturated heterocycles. The molecule has 0 unspecified atom stereocenters. The quantitative estimate of drug-likeness (QED) is 0.480. The van der Waals surface area contributed by atoms with Crippen molar-refractivity contribution < 1.29 is 4.79 Å². The van der Waals surface area contributed by atoms with Crippen LogP contribution in [0.3, 0.4) is 0 Å². The lowest BCUT2D eigenvalue weighted by atomic mass is 10.1. The zero-order chi connectivity index (χ0) is 19.1. The van der Waals surface area contributed by atoms with Gasteiger partial charge in [0.1, 0.15) is 10.3 Å². The molecule has 27 heavy (non-hydrogen) atoms. The van der Waals surface area contributed by atoms with Crippen molar-refractivity contribution in [1.29, 1.82) is 0 Å². The van der Waals surface area contributed by atoms with Gasteiger partial charge in [0.2, 0.25) is 11.0 Å². The van der Waals surface area contributed by atoms with Crippen LogP contribution < -0.4 is 5.32 Å². The smallest absolute Gasteiger partial charge is 0.244 e. The Bertz CT molecular complexity index is 852. The molecule has 3 rings (SSSR count). The van der Waals surface area contributed by atoms with E-state index >= 15 is 0 Å². The molecule has 2 aromatic carbocycles. The molecule has 0 aliphatic rings. The summed E-state index contributed by atoms with van der Waals surface area (Å²) < 4.78 is 0. The number of nitrogens with zero attached hydrogens (tertiary/aromatic N) is 2. The maximum atomic E-state index is 13.0. The van der Waals surface area contributed by atoms with Crippen LogP contribution >= 0.6 is 23.1 Å². The van der Waals surface area contributed by atoms with Crippen molar-refractivity contribution in [1.82, 2.24) is 10.2 Å². The third-order valence-electron chi connectivity index (χ3n) is 4.15. The molecule has 1 amide bonds. The standard InChI is InChI=1S/C21H23N3OS2/c1-3-10-15(2)20-23-24-21(27-20)22-19(25)18(16-11-6-4-7-12-16)26-17-13-8-5-9-14-17/h4-9,11-15,18H,3,10H2,1-2H3,(H,22,24,25)/t15-,18-/m0/s1. The van der Waals surface area contributed by atoms with Crippen molar-refractivity contribution in [2.75, 3.05) is 5.32 Å². The van der Waals surface area contributed by atoms with Crippen LogP contribution in [0.2, 0.25) is 0 Å². The molecule has 0 saturated carbocycles. The van der Waals surface area contributed by atoms with Crippen molar-refractivity contribution in [2.45, 2.75) is 42.8 Å². The van der Waals surface area contributed by atoms with Crippen LogP contribution in [0.1, 0.15) is 48.4 Å². The average Bonchev–Trinajstić information content (AvgIpc) is 3.16. The summed E-state index contributed by atoms with van der Waals surface area (Å²) in [6.45, 7) is 4.30. The van der Waals surface area contributed by atoms with E-state index in [0.29, 0.717) is 11.0 Å². The zero-order valence-electron chi connectivity index (χ0n) is 15.5. The number of carbonyl (C=O) groups excluding carboxylic acids is 1. The molecule has 0 bridgehead atoms. The molecule has 3 aromatic rings. The minimum absolute atomic E-state index is 0.0825. The molecular formula is C21H23N3OS2. The first-order chi connectivity index (χ1) is 13.2. The molecule has 1 N–H and O–H groups in total. The van der Waals surface area contributed by atoms with E-state index in [1.807, 2.05) is 60.7 Å². The lowest BCUT2D eigenvalue weighted by Gasteiger charge is -2.16. The predicted octanol–water partition coefficient (Wildman–Crippen LogP) is 5.91. The topological polar surface area (TPSA) is 54.9 Å². The second-order valence-electron chi connectivity index (χ2n) is 6.35. The van der Waals surface area contributed by atoms with Crippen LogP contribution in [-0.4, -0.2) is 16.1 Å². The third-order valence-corrected chi connectivity index (χ3v) is 6.49. The summed E-state index contributed by atoms with van der Waals surface area (Å²) in [6, 6.07) is 19.8. The summed E-state index contributed by atoms with van der Waals surface area (Å²) in [5, 5.41) is 12.6. The average molecular weight is 398 g/mol. The van der Waals surface area contributed by atoms with Crippen molar-refractivity contribution in [3.8, 4) is 0 Å². The van der Waals surface area contributed by atoms with E-state index in [1.165, 1.54) is 23.1 Å². The summed E-state index contributed by atoms with van der Waals surface area (Å²) in [5.74, 6) is 0.280. The van der Waals surface area contributed by atoms with Gasteiger partial charge in [-0.25, -0.2) is 0 Å². The Kier molecular flexibility index (Phi) is 7.01. The third kappa shape index (κ3) is 5.40. The highest BCUT2D eigenvalue weighted by atomic mass is 32.2. The highest BCUT2D eigenvalue weighted by Gasteiger charge is 2.23. The van der Waals surface area contributed by atoms with E-state index in [1.54, 1.807) is 0 Å². The molecule has 1 heterocycles. The SMILES string of the molecule is CCC[C@H](C)c1nnc(NC(=O)[C@@H](Sc2ccccc2)c2ccccc2)s1. The Morgan fingerprint density at radius 1 is 1.07 bits per heavy atom. The Hall–Kier alpha value is -2.18. The van der Waals surface area contributed by atoms with Crippen molar-refractivity contribution in [3.05, 3.63) is 71.2 Å². The van der Waals surface area contributed by atoms with Gasteiger partial charge < -0.3 is 0 Å². The molecule has 0 radical (unpaired) electrons. The number of thioether (sulfide) groups is 1. The van der Waals surface area contributed by atoms with E-state index in [0.717, 1.165) is 28.3 Å². The number of carbonyl (C=O) groups is 1. The van der Waals surface area contributed by atoms with E-state index < -0.39 is 0 Å². The van der Waals surface area contributed by atoms with Crippen LogP contribution in [0.25, 0.3) is 0 Å². The molecule has 0 aliphatic carbocycles. The first kappa shape index (κ1) is 19.6. The van der Waals surface area contributed by atoms with Crippen molar-refractivity contribution >= 4 is 34.1 Å². The van der Waals surface area contributed by atoms with E-state index in [4.69, 9.17) is 0 Å². The van der Waals surface area contributed by atoms with Crippen molar-refractivity contribution in [3.63, 3.8) is 0 Å². The summed E-state index contributed by atoms with van der Waals surface area (Å²) in [7, 11) is 0. The van der Waals surface area contributed by atoms with Crippen molar-refractivity contribution in [2.24, 2.45) is 0 Å². The number of amides is 1. The molecule has 0 spiro atoms. The summed E-state index contributed by atoms with van der Waals surface area (Å²) in [5.41, 5.74) is 0.966. The fourth-order valence-corrected chi connectivity index (χ4v) is 4.63. The minimum atomic E-state index is -0.353. The number of benzene rings is 2. The normalized spacial score (nSPS) is 13.1. The first-order valence-electron chi connectivity index (χ1n) is 9.08. The van der Waals surface area contributed by atoms with Gasteiger partial charge in [0.05, 0.1) is 0 Å². The van der Waals surface area contributed by atoms with Gasteiger partial charge in [0, 0.05) is 10.8 Å². The van der Waals surface area contributed by atoms with Gasteiger partial charge in [0.15, 0.2) is 0 Å². The highest BCUT2D eigenvalue weighted by Crippen LogP contribution is 2.36. The fraction of sp³-hybridized carbons (Fsp3) is 0.286. The summed E-state index contributed by atoms with van der Waals surface area (Å²) in [4.78, 5) is 14.1. The molecule has 140 valence electrons. The molecule has 0 aliphatic heterocycles. The number of rotatable bonds is 8. The number of nitrogens with one attached hydrogen (secondary N) is 1. The van der Waals surface area contributed by atoms with E-state index in [9.17, 15) is 4.79 Å². The second-order valence-corrected chi connectivity index (χ2v) is 8.53. The van der Waals surface area contributed by atoms with Crippen LogP contribution in [0, 0.1) is 0 Å². The predicted molar refractivity (Wildman–Crippen MR) is 113 cm³/mol. The van der Waals surface area contributed by atoms with Crippen LogP contribution in [0.4, 0.5) is 5.13 Å². The monoisotopic (exact) mass is 397 g/mol. The molecular weight excluding hydrogens is 374 g/mol. The number of aromatic nitrogens is 2. The van der Waals surface area contributed by atoms with Gasteiger partial charge in [-0.2, -0.15) is 0 Å². The Balaban J connectivity index is 1.77. The van der Waals surface area contributed by atoms with E-state index in [-0.39, 0.29) is 11.2 Å². The molecule has 1 aromatic heterocycles.